The lowest BCUT2D eigenvalue weighted by atomic mass is 10.2. The number of halogens is 1. The molecule has 0 N–H and O–H groups in total. The van der Waals surface area contributed by atoms with E-state index in [-0.39, 0.29) is 11.7 Å². The molecule has 0 aromatic carbocycles. The molecule has 0 saturated heterocycles. The first kappa shape index (κ1) is 12.8. The summed E-state index contributed by atoms with van der Waals surface area (Å²) in [6, 6.07) is 1.84. The summed E-state index contributed by atoms with van der Waals surface area (Å²) in [5.74, 6) is 1.05. The third-order valence-electron chi connectivity index (χ3n) is 2.86. The predicted molar refractivity (Wildman–Crippen MR) is 67.1 cm³/mol. The fraction of sp³-hybridized carbons (Fsp3) is 0.417. The Kier molecular flexibility index (Phi) is 3.52. The lowest BCUT2D eigenvalue weighted by Crippen LogP contribution is -2.07. The zero-order chi connectivity index (χ0) is 13.3. The number of carbonyl (C=O) groups excluding carboxylic acids is 1. The molecule has 0 amide bonds. The molecule has 18 heavy (non-hydrogen) atoms. The Balaban J connectivity index is 2.34. The van der Waals surface area contributed by atoms with Crippen molar-refractivity contribution in [2.24, 2.45) is 0 Å². The molecule has 0 atom stereocenters. The van der Waals surface area contributed by atoms with Crippen molar-refractivity contribution in [2.45, 2.75) is 27.3 Å². The molecule has 0 saturated carbocycles. The normalized spacial score (nSPS) is 10.9. The van der Waals surface area contributed by atoms with E-state index in [1.54, 1.807) is 6.92 Å². The second kappa shape index (κ2) is 4.94. The summed E-state index contributed by atoms with van der Waals surface area (Å²) < 4.78 is 7.05. The number of alkyl halides is 1. The molecule has 2 aromatic heterocycles. The van der Waals surface area contributed by atoms with Gasteiger partial charge in [0.05, 0.1) is 5.88 Å². The summed E-state index contributed by atoms with van der Waals surface area (Å²) in [6.07, 6.45) is 0. The van der Waals surface area contributed by atoms with Gasteiger partial charge in [-0.15, -0.1) is 11.6 Å². The maximum atomic E-state index is 11.7. The van der Waals surface area contributed by atoms with Gasteiger partial charge in [0, 0.05) is 17.0 Å². The molecule has 96 valence electrons. The number of ketones is 1. The average molecular weight is 268 g/mol. The fourth-order valence-electron chi connectivity index (χ4n) is 1.94. The summed E-state index contributed by atoms with van der Waals surface area (Å²) in [5, 5.41) is 3.74. The van der Waals surface area contributed by atoms with Crippen molar-refractivity contribution in [1.82, 2.24) is 14.7 Å². The van der Waals surface area contributed by atoms with Crippen LogP contribution >= 0.6 is 11.6 Å². The van der Waals surface area contributed by atoms with Gasteiger partial charge < -0.3 is 9.09 Å². The minimum atomic E-state index is -0.0715. The number of hydrogen-bond acceptors (Lipinski definition) is 4. The van der Waals surface area contributed by atoms with Crippen molar-refractivity contribution in [2.75, 3.05) is 5.88 Å². The molecule has 0 spiro atoms. The van der Waals surface area contributed by atoms with Crippen molar-refractivity contribution in [3.8, 4) is 0 Å². The van der Waals surface area contributed by atoms with E-state index in [1.807, 2.05) is 24.5 Å². The molecule has 2 rings (SSSR count). The Morgan fingerprint density at radius 3 is 2.72 bits per heavy atom. The van der Waals surface area contributed by atoms with Crippen molar-refractivity contribution in [3.63, 3.8) is 0 Å². The molecule has 0 fully saturated rings. The Bertz CT molecular complexity index is 586. The topological polar surface area (TPSA) is 60.9 Å². The second-order valence-electron chi connectivity index (χ2n) is 4.16. The van der Waals surface area contributed by atoms with Gasteiger partial charge in [0.15, 0.2) is 11.6 Å². The van der Waals surface area contributed by atoms with E-state index in [2.05, 4.69) is 10.1 Å². The number of Topliss-reactive ketones (excluding diaryl/α,β-unsaturated/α-hetero) is 1. The molecular weight excluding hydrogens is 254 g/mol. The van der Waals surface area contributed by atoms with Gasteiger partial charge in [0.1, 0.15) is 6.54 Å². The molecule has 2 heterocycles. The molecule has 0 aliphatic carbocycles. The molecule has 0 aliphatic rings. The van der Waals surface area contributed by atoms with E-state index in [9.17, 15) is 4.79 Å². The van der Waals surface area contributed by atoms with Crippen LogP contribution in [0.25, 0.3) is 0 Å². The first-order valence-corrected chi connectivity index (χ1v) is 6.11. The number of hydrogen-bond donors (Lipinski definition) is 0. The lowest BCUT2D eigenvalue weighted by Gasteiger charge is -2.06. The summed E-state index contributed by atoms with van der Waals surface area (Å²) in [7, 11) is 0. The summed E-state index contributed by atoms with van der Waals surface area (Å²) in [4.78, 5) is 15.8. The monoisotopic (exact) mass is 267 g/mol. The first-order valence-electron chi connectivity index (χ1n) is 5.58. The molecular formula is C12H14ClN3O2. The highest BCUT2D eigenvalue weighted by atomic mass is 35.5. The van der Waals surface area contributed by atoms with E-state index in [1.165, 1.54) is 0 Å². The van der Waals surface area contributed by atoms with Crippen LogP contribution in [0.15, 0.2) is 10.6 Å². The van der Waals surface area contributed by atoms with Gasteiger partial charge in [-0.2, -0.15) is 4.98 Å². The minimum Gasteiger partial charge on any atom is -0.339 e. The Morgan fingerprint density at radius 2 is 2.17 bits per heavy atom. The van der Waals surface area contributed by atoms with E-state index < -0.39 is 0 Å². The molecule has 0 aliphatic heterocycles. The molecule has 2 aromatic rings. The number of aromatic nitrogens is 3. The average Bonchev–Trinajstić information content (AvgIpc) is 2.87. The Hall–Kier alpha value is -1.62. The van der Waals surface area contributed by atoms with Gasteiger partial charge in [0.25, 0.3) is 0 Å². The third kappa shape index (κ3) is 2.31. The van der Waals surface area contributed by atoms with Crippen LogP contribution in [0.4, 0.5) is 0 Å². The van der Waals surface area contributed by atoms with E-state index in [0.29, 0.717) is 23.8 Å². The van der Waals surface area contributed by atoms with Gasteiger partial charge in [-0.1, -0.05) is 5.16 Å². The van der Waals surface area contributed by atoms with Crippen molar-refractivity contribution < 1.29 is 9.32 Å². The molecule has 5 nitrogen and oxygen atoms in total. The summed E-state index contributed by atoms with van der Waals surface area (Å²) in [6.45, 7) is 6.05. The van der Waals surface area contributed by atoms with Crippen LogP contribution in [-0.4, -0.2) is 26.4 Å². The number of aryl methyl sites for hydroxylation is 2. The van der Waals surface area contributed by atoms with Crippen LogP contribution in [0.1, 0.15) is 33.5 Å². The molecule has 0 bridgehead atoms. The second-order valence-corrected chi connectivity index (χ2v) is 4.43. The lowest BCUT2D eigenvalue weighted by molar-refractivity contribution is 0.102. The van der Waals surface area contributed by atoms with Gasteiger partial charge in [-0.3, -0.25) is 4.79 Å². The highest BCUT2D eigenvalue weighted by Crippen LogP contribution is 2.17. The number of rotatable bonds is 4. The largest absolute Gasteiger partial charge is 0.339 e. The highest BCUT2D eigenvalue weighted by Gasteiger charge is 2.16. The van der Waals surface area contributed by atoms with Gasteiger partial charge >= 0.3 is 0 Å². The minimum absolute atomic E-state index is 0.00996. The summed E-state index contributed by atoms with van der Waals surface area (Å²) in [5.41, 5.74) is 2.49. The quantitative estimate of drug-likeness (QED) is 0.630. The maximum Gasteiger partial charge on any atom is 0.246 e. The third-order valence-corrected chi connectivity index (χ3v) is 3.10. The van der Waals surface area contributed by atoms with E-state index in [0.717, 1.165) is 11.4 Å². The number of carbonyl (C=O) groups is 1. The first-order chi connectivity index (χ1) is 8.52. The maximum absolute atomic E-state index is 11.7. The van der Waals surface area contributed by atoms with Crippen molar-refractivity contribution in [3.05, 3.63) is 34.7 Å². The zero-order valence-corrected chi connectivity index (χ0v) is 11.3. The molecule has 0 unspecified atom stereocenters. The fourth-order valence-corrected chi connectivity index (χ4v) is 2.08. The van der Waals surface area contributed by atoms with Crippen molar-refractivity contribution >= 4 is 17.4 Å². The Morgan fingerprint density at radius 1 is 1.44 bits per heavy atom. The van der Waals surface area contributed by atoms with Crippen LogP contribution < -0.4 is 0 Å². The zero-order valence-electron chi connectivity index (χ0n) is 10.5. The standard InChI is InChI=1S/C12H14ClN3O2/c1-7-4-10(11(17)5-13)8(2)16(7)6-12-14-9(3)15-18-12/h4H,5-6H2,1-3H3. The van der Waals surface area contributed by atoms with Crippen LogP contribution in [-0.2, 0) is 6.54 Å². The summed E-state index contributed by atoms with van der Waals surface area (Å²) >= 11 is 5.58. The smallest absolute Gasteiger partial charge is 0.246 e. The Labute approximate surface area is 110 Å². The molecule has 0 radical (unpaired) electrons. The predicted octanol–water partition coefficient (Wildman–Crippen LogP) is 2.27. The van der Waals surface area contributed by atoms with Crippen LogP contribution in [0.3, 0.4) is 0 Å². The van der Waals surface area contributed by atoms with Crippen LogP contribution in [0.2, 0.25) is 0 Å². The van der Waals surface area contributed by atoms with Gasteiger partial charge in [-0.05, 0) is 26.8 Å². The van der Waals surface area contributed by atoms with Crippen LogP contribution in [0.5, 0.6) is 0 Å². The SMILES string of the molecule is Cc1noc(Cn2c(C)cc(C(=O)CCl)c2C)n1. The van der Waals surface area contributed by atoms with Crippen molar-refractivity contribution in [1.29, 1.82) is 0 Å². The van der Waals surface area contributed by atoms with Gasteiger partial charge in [-0.25, -0.2) is 0 Å². The van der Waals surface area contributed by atoms with E-state index >= 15 is 0 Å². The van der Waals surface area contributed by atoms with Crippen LogP contribution in [0, 0.1) is 20.8 Å². The number of nitrogens with zero attached hydrogens (tertiary/aromatic N) is 3. The highest BCUT2D eigenvalue weighted by molar-refractivity contribution is 6.30. The van der Waals surface area contributed by atoms with Gasteiger partial charge in [0.2, 0.25) is 5.89 Å². The van der Waals surface area contributed by atoms with E-state index in [4.69, 9.17) is 16.1 Å². The molecule has 6 heteroatoms.